The van der Waals surface area contributed by atoms with Crippen LogP contribution >= 0.6 is 0 Å². The maximum Gasteiger partial charge on any atom is 0.00722 e. The molecule has 2 saturated carbocycles. The van der Waals surface area contributed by atoms with Gasteiger partial charge in [0.25, 0.3) is 0 Å². The Morgan fingerprint density at radius 2 is 1.50 bits per heavy atom. The Morgan fingerprint density at radius 1 is 0.786 bits per heavy atom. The van der Waals surface area contributed by atoms with E-state index in [-0.39, 0.29) is 0 Å². The first kappa shape index (κ1) is 10.5. The Labute approximate surface area is 88.7 Å². The largest absolute Gasteiger partial charge is 0.311 e. The van der Waals surface area contributed by atoms with Crippen molar-refractivity contribution < 1.29 is 0 Å². The average molecular weight is 195 g/mol. The van der Waals surface area contributed by atoms with E-state index in [2.05, 4.69) is 12.2 Å². The molecule has 0 radical (unpaired) electrons. The van der Waals surface area contributed by atoms with Crippen molar-refractivity contribution in [1.82, 2.24) is 5.32 Å². The van der Waals surface area contributed by atoms with Gasteiger partial charge in [0.1, 0.15) is 0 Å². The Bertz CT molecular complexity index is 159. The minimum Gasteiger partial charge on any atom is -0.311 e. The molecule has 1 nitrogen and oxygen atoms in total. The molecule has 0 heterocycles. The summed E-state index contributed by atoms with van der Waals surface area (Å²) in [5, 5.41) is 3.89. The molecule has 2 atom stereocenters. The van der Waals surface area contributed by atoms with Crippen molar-refractivity contribution in [2.45, 2.75) is 76.8 Å². The first-order valence-electron chi connectivity index (χ1n) is 6.60. The highest BCUT2D eigenvalue weighted by Gasteiger charge is 2.23. The van der Waals surface area contributed by atoms with Crippen molar-refractivity contribution in [3.63, 3.8) is 0 Å². The van der Waals surface area contributed by atoms with Gasteiger partial charge < -0.3 is 5.32 Å². The highest BCUT2D eigenvalue weighted by atomic mass is 15.0. The van der Waals surface area contributed by atoms with E-state index in [1.54, 1.807) is 0 Å². The predicted octanol–water partition coefficient (Wildman–Crippen LogP) is 3.49. The lowest BCUT2D eigenvalue weighted by molar-refractivity contribution is 0.390. The van der Waals surface area contributed by atoms with Gasteiger partial charge in [-0.05, 0) is 38.0 Å². The Balaban J connectivity index is 1.72. The Kier molecular flexibility index (Phi) is 3.86. The van der Waals surface area contributed by atoms with Crippen molar-refractivity contribution in [3.8, 4) is 0 Å². The summed E-state index contributed by atoms with van der Waals surface area (Å²) in [6.07, 6.45) is 13.0. The fraction of sp³-hybridized carbons (Fsp3) is 1.00. The van der Waals surface area contributed by atoms with Crippen LogP contribution in [0.2, 0.25) is 0 Å². The van der Waals surface area contributed by atoms with Crippen LogP contribution in [0.25, 0.3) is 0 Å². The van der Waals surface area contributed by atoms with Crippen LogP contribution in [0.4, 0.5) is 0 Å². The van der Waals surface area contributed by atoms with Gasteiger partial charge in [-0.15, -0.1) is 0 Å². The van der Waals surface area contributed by atoms with Crippen LogP contribution < -0.4 is 5.32 Å². The zero-order valence-corrected chi connectivity index (χ0v) is 9.60. The lowest BCUT2D eigenvalue weighted by atomic mass is 10.1. The quantitative estimate of drug-likeness (QED) is 0.665. The van der Waals surface area contributed by atoms with E-state index in [1.807, 2.05) is 0 Å². The summed E-state index contributed by atoms with van der Waals surface area (Å²) in [6.45, 7) is 2.40. The summed E-state index contributed by atoms with van der Waals surface area (Å²) < 4.78 is 0. The van der Waals surface area contributed by atoms with Crippen LogP contribution in [0.3, 0.4) is 0 Å². The van der Waals surface area contributed by atoms with Gasteiger partial charge in [0, 0.05) is 12.1 Å². The second-order valence-corrected chi connectivity index (χ2v) is 5.47. The van der Waals surface area contributed by atoms with E-state index in [4.69, 9.17) is 0 Å². The maximum atomic E-state index is 3.89. The summed E-state index contributed by atoms with van der Waals surface area (Å²) >= 11 is 0. The molecule has 2 fully saturated rings. The van der Waals surface area contributed by atoms with E-state index < -0.39 is 0 Å². The first-order valence-corrected chi connectivity index (χ1v) is 6.60. The molecule has 2 aliphatic carbocycles. The molecular formula is C13H25N. The maximum absolute atomic E-state index is 3.89. The van der Waals surface area contributed by atoms with Crippen molar-refractivity contribution in [1.29, 1.82) is 0 Å². The molecule has 0 amide bonds. The van der Waals surface area contributed by atoms with E-state index >= 15 is 0 Å². The van der Waals surface area contributed by atoms with Crippen LogP contribution in [0.5, 0.6) is 0 Å². The van der Waals surface area contributed by atoms with Gasteiger partial charge in [0.05, 0.1) is 0 Å². The van der Waals surface area contributed by atoms with Gasteiger partial charge in [-0.25, -0.2) is 0 Å². The standard InChI is InChI=1S/C13H25N/c1-11-8-9-13(10-11)14-12-6-4-2-3-5-7-12/h11-14H,2-10H2,1H3/t11-,13+/m0/s1. The molecule has 2 rings (SSSR count). The number of hydrogen-bond acceptors (Lipinski definition) is 1. The third kappa shape index (κ3) is 2.98. The van der Waals surface area contributed by atoms with Crippen molar-refractivity contribution in [2.24, 2.45) is 5.92 Å². The molecule has 0 aliphatic heterocycles. The summed E-state index contributed by atoms with van der Waals surface area (Å²) in [5.74, 6) is 0.971. The number of rotatable bonds is 2. The Morgan fingerprint density at radius 3 is 2.07 bits per heavy atom. The second-order valence-electron chi connectivity index (χ2n) is 5.47. The average Bonchev–Trinajstić information content (AvgIpc) is 2.43. The van der Waals surface area contributed by atoms with E-state index in [9.17, 15) is 0 Å². The van der Waals surface area contributed by atoms with Gasteiger partial charge in [0.2, 0.25) is 0 Å². The fourth-order valence-electron chi connectivity index (χ4n) is 3.14. The van der Waals surface area contributed by atoms with Crippen LogP contribution in [0, 0.1) is 5.92 Å². The highest BCUT2D eigenvalue weighted by molar-refractivity contribution is 4.82. The van der Waals surface area contributed by atoms with Crippen molar-refractivity contribution in [2.75, 3.05) is 0 Å². The SMILES string of the molecule is C[C@H]1CC[C@@H](NC2CCCCCC2)C1. The molecule has 0 saturated heterocycles. The zero-order valence-electron chi connectivity index (χ0n) is 9.60. The molecule has 1 heteroatoms. The second kappa shape index (κ2) is 5.16. The van der Waals surface area contributed by atoms with E-state index in [1.165, 1.54) is 57.8 Å². The van der Waals surface area contributed by atoms with Crippen LogP contribution in [-0.4, -0.2) is 12.1 Å². The first-order chi connectivity index (χ1) is 6.84. The molecule has 0 bridgehead atoms. The fourth-order valence-corrected chi connectivity index (χ4v) is 3.14. The molecule has 14 heavy (non-hydrogen) atoms. The summed E-state index contributed by atoms with van der Waals surface area (Å²) in [5.41, 5.74) is 0. The monoisotopic (exact) mass is 195 g/mol. The lowest BCUT2D eigenvalue weighted by Crippen LogP contribution is -2.36. The predicted molar refractivity (Wildman–Crippen MR) is 61.4 cm³/mol. The normalized spacial score (nSPS) is 35.8. The van der Waals surface area contributed by atoms with Crippen LogP contribution in [0.15, 0.2) is 0 Å². The molecule has 0 aromatic heterocycles. The molecular weight excluding hydrogens is 170 g/mol. The number of nitrogens with one attached hydrogen (secondary N) is 1. The van der Waals surface area contributed by atoms with Gasteiger partial charge in [-0.3, -0.25) is 0 Å². The number of hydrogen-bond donors (Lipinski definition) is 1. The minimum absolute atomic E-state index is 0.854. The molecule has 1 N–H and O–H groups in total. The summed E-state index contributed by atoms with van der Waals surface area (Å²) in [7, 11) is 0. The smallest absolute Gasteiger partial charge is 0.00722 e. The van der Waals surface area contributed by atoms with Crippen molar-refractivity contribution >= 4 is 0 Å². The zero-order chi connectivity index (χ0) is 9.80. The molecule has 0 spiro atoms. The van der Waals surface area contributed by atoms with E-state index in [0.717, 1.165) is 18.0 Å². The third-order valence-corrected chi connectivity index (χ3v) is 4.02. The Hall–Kier alpha value is -0.0400. The van der Waals surface area contributed by atoms with Gasteiger partial charge >= 0.3 is 0 Å². The molecule has 0 aromatic rings. The lowest BCUT2D eigenvalue weighted by Gasteiger charge is -2.21. The molecule has 82 valence electrons. The summed E-state index contributed by atoms with van der Waals surface area (Å²) in [6, 6.07) is 1.71. The van der Waals surface area contributed by atoms with E-state index in [0.29, 0.717) is 0 Å². The van der Waals surface area contributed by atoms with Gasteiger partial charge in [-0.2, -0.15) is 0 Å². The van der Waals surface area contributed by atoms with Gasteiger partial charge in [0.15, 0.2) is 0 Å². The molecule has 0 unspecified atom stereocenters. The minimum atomic E-state index is 0.854. The third-order valence-electron chi connectivity index (χ3n) is 4.02. The highest BCUT2D eigenvalue weighted by Crippen LogP contribution is 2.26. The van der Waals surface area contributed by atoms with Gasteiger partial charge in [-0.1, -0.05) is 32.6 Å². The van der Waals surface area contributed by atoms with Crippen LogP contribution in [-0.2, 0) is 0 Å². The molecule has 0 aromatic carbocycles. The molecule has 2 aliphatic rings. The summed E-state index contributed by atoms with van der Waals surface area (Å²) in [4.78, 5) is 0. The topological polar surface area (TPSA) is 12.0 Å². The van der Waals surface area contributed by atoms with Crippen molar-refractivity contribution in [3.05, 3.63) is 0 Å². The van der Waals surface area contributed by atoms with Crippen LogP contribution in [0.1, 0.15) is 64.7 Å².